The van der Waals surface area contributed by atoms with Crippen molar-refractivity contribution in [3.05, 3.63) is 211 Å². The van der Waals surface area contributed by atoms with E-state index in [0.717, 1.165) is 54.3 Å². The number of rotatable bonds is 12. The molecule has 17 rings (SSSR count). The minimum Gasteiger partial charge on any atom is -0.469 e. The Hall–Kier alpha value is -10.6. The van der Waals surface area contributed by atoms with E-state index in [2.05, 4.69) is 12.1 Å². The Morgan fingerprint density at radius 3 is 1.06 bits per heavy atom. The van der Waals surface area contributed by atoms with Gasteiger partial charge in [-0.1, -0.05) is 109 Å². The molecule has 9 aromatic carbocycles. The van der Waals surface area contributed by atoms with E-state index in [0.29, 0.717) is 43.1 Å². The second-order valence-corrected chi connectivity index (χ2v) is 23.8. The molecular weight excluding hydrogens is 1110 g/mol. The molecular formula is C72H52N4O12. The molecule has 0 saturated heterocycles. The topological polar surface area (TPSA) is 228 Å². The van der Waals surface area contributed by atoms with E-state index < -0.39 is 93.8 Å². The monoisotopic (exact) mass is 1160 g/mol. The minimum atomic E-state index is -1.13. The number of methoxy groups -OCH3 is 4. The molecule has 4 bridgehead atoms. The third kappa shape index (κ3) is 6.71. The highest BCUT2D eigenvalue weighted by molar-refractivity contribution is 6.42. The lowest BCUT2D eigenvalue weighted by atomic mass is 9.45. The lowest BCUT2D eigenvalue weighted by Gasteiger charge is -2.56. The molecule has 432 valence electrons. The molecule has 0 radical (unpaired) electrons. The van der Waals surface area contributed by atoms with Gasteiger partial charge in [-0.05, 0) is 105 Å². The normalized spacial score (nSPS) is 23.1. The Morgan fingerprint density at radius 2 is 0.739 bits per heavy atom. The predicted octanol–water partition coefficient (Wildman–Crippen LogP) is 10.3. The van der Waals surface area contributed by atoms with Gasteiger partial charge >= 0.3 is 23.9 Å². The number of ether oxygens (including phenoxy) is 4. The van der Waals surface area contributed by atoms with Gasteiger partial charge in [0.15, 0.2) is 0 Å². The highest BCUT2D eigenvalue weighted by Crippen LogP contribution is 2.66. The fraction of sp³-hybridized carbons (Fsp3) is 0.250. The van der Waals surface area contributed by atoms with E-state index in [1.165, 1.54) is 40.6 Å². The number of nitrogens with zero attached hydrogens (tertiary/aromatic N) is 4. The second-order valence-electron chi connectivity index (χ2n) is 23.8. The highest BCUT2D eigenvalue weighted by Gasteiger charge is 2.65. The van der Waals surface area contributed by atoms with Crippen molar-refractivity contribution in [3.8, 4) is 12.1 Å². The van der Waals surface area contributed by atoms with Crippen molar-refractivity contribution in [3.63, 3.8) is 0 Å². The number of amides is 4. The van der Waals surface area contributed by atoms with Crippen molar-refractivity contribution in [2.45, 2.75) is 48.3 Å². The summed E-state index contributed by atoms with van der Waals surface area (Å²) in [7, 11) is 5.18. The molecule has 6 aliphatic carbocycles. The van der Waals surface area contributed by atoms with Crippen LogP contribution in [0.1, 0.15) is 135 Å². The number of esters is 4. The Labute approximate surface area is 503 Å². The molecule has 2 heterocycles. The van der Waals surface area contributed by atoms with Crippen LogP contribution < -0.4 is 0 Å². The number of carbonyl (C=O) groups excluding carboxylic acids is 8. The third-order valence-corrected chi connectivity index (χ3v) is 20.6. The van der Waals surface area contributed by atoms with E-state index in [-0.39, 0.29) is 72.2 Å². The number of carbonyl (C=O) groups is 8. The first-order valence-electron chi connectivity index (χ1n) is 29.3. The van der Waals surface area contributed by atoms with Gasteiger partial charge in [-0.25, -0.2) is 0 Å². The zero-order valence-electron chi connectivity index (χ0n) is 48.1. The SMILES string of the molecule is COC(=O)C1C2c3ccccc3C(CCCN3C(=O)c4ccc5c6c(C#N)cc7c8c(ccc(c9c(C#N)cc(c4c59)C3=O)c86)C(=O)N(CCCC34c5ccccc5C(c5ccccc53)C(C(=O)OC)C4C(=O)OC)C7=O)(c3ccccc32)C1C(=O)OC. The van der Waals surface area contributed by atoms with Crippen LogP contribution in [0.15, 0.2) is 133 Å². The average molecular weight is 1170 g/mol. The van der Waals surface area contributed by atoms with Crippen LogP contribution in [0.2, 0.25) is 0 Å². The van der Waals surface area contributed by atoms with Gasteiger partial charge in [-0.3, -0.25) is 48.2 Å². The summed E-state index contributed by atoms with van der Waals surface area (Å²) in [6, 6.07) is 45.0. The van der Waals surface area contributed by atoms with E-state index in [9.17, 15) is 29.7 Å². The quantitative estimate of drug-likeness (QED) is 0.0365. The van der Waals surface area contributed by atoms with Crippen LogP contribution in [0.5, 0.6) is 0 Å². The summed E-state index contributed by atoms with van der Waals surface area (Å²) in [5.74, 6) is -9.67. The lowest BCUT2D eigenvalue weighted by Crippen LogP contribution is -2.57. The summed E-state index contributed by atoms with van der Waals surface area (Å²) >= 11 is 0. The average Bonchev–Trinajstić information content (AvgIpc) is 0.711. The van der Waals surface area contributed by atoms with Gasteiger partial charge in [0, 0.05) is 79.2 Å². The third-order valence-electron chi connectivity index (χ3n) is 20.6. The van der Waals surface area contributed by atoms with Crippen molar-refractivity contribution >= 4 is 90.6 Å². The summed E-state index contributed by atoms with van der Waals surface area (Å²) in [6.07, 6.45) is 0.801. The van der Waals surface area contributed by atoms with Crippen LogP contribution in [-0.4, -0.2) is 98.8 Å². The molecule has 16 heteroatoms. The molecule has 4 atom stereocenters. The fourth-order valence-corrected chi connectivity index (χ4v) is 17.6. The molecule has 0 aromatic heterocycles. The van der Waals surface area contributed by atoms with E-state index in [1.807, 2.05) is 97.1 Å². The molecule has 8 aliphatic rings. The van der Waals surface area contributed by atoms with E-state index in [1.54, 1.807) is 24.3 Å². The molecule has 0 spiro atoms. The highest BCUT2D eigenvalue weighted by atomic mass is 16.5. The van der Waals surface area contributed by atoms with Crippen LogP contribution in [0.25, 0.3) is 43.1 Å². The molecule has 88 heavy (non-hydrogen) atoms. The minimum absolute atomic E-state index is 0.0864. The van der Waals surface area contributed by atoms with Gasteiger partial charge < -0.3 is 18.9 Å². The Bertz CT molecular complexity index is 4420. The van der Waals surface area contributed by atoms with Gasteiger partial charge in [-0.15, -0.1) is 0 Å². The molecule has 0 N–H and O–H groups in total. The van der Waals surface area contributed by atoms with Crippen LogP contribution in [0.4, 0.5) is 0 Å². The predicted molar refractivity (Wildman–Crippen MR) is 319 cm³/mol. The summed E-state index contributed by atoms with van der Waals surface area (Å²) in [5.41, 5.74) is 5.37. The maximum absolute atomic E-state index is 15.2. The summed E-state index contributed by atoms with van der Waals surface area (Å²) in [5, 5.41) is 25.2. The van der Waals surface area contributed by atoms with E-state index in [4.69, 9.17) is 18.9 Å². The Balaban J connectivity index is 0.793. The summed E-state index contributed by atoms with van der Waals surface area (Å²) in [6.45, 7) is -0.205. The van der Waals surface area contributed by atoms with Gasteiger partial charge in [-0.2, -0.15) is 10.5 Å². The van der Waals surface area contributed by atoms with Crippen LogP contribution in [0.3, 0.4) is 0 Å². The number of nitriles is 2. The fourth-order valence-electron chi connectivity index (χ4n) is 17.6. The zero-order chi connectivity index (χ0) is 61.0. The van der Waals surface area contributed by atoms with Crippen LogP contribution in [-0.2, 0) is 49.0 Å². The van der Waals surface area contributed by atoms with Gasteiger partial charge in [0.25, 0.3) is 23.6 Å². The maximum atomic E-state index is 15.2. The molecule has 0 saturated carbocycles. The molecule has 2 aliphatic heterocycles. The van der Waals surface area contributed by atoms with E-state index >= 15 is 19.2 Å². The number of imide groups is 2. The maximum Gasteiger partial charge on any atom is 0.310 e. The molecule has 0 fully saturated rings. The summed E-state index contributed by atoms with van der Waals surface area (Å²) in [4.78, 5) is 119. The summed E-state index contributed by atoms with van der Waals surface area (Å²) < 4.78 is 21.8. The Morgan fingerprint density at radius 1 is 0.420 bits per heavy atom. The van der Waals surface area contributed by atoms with Crippen molar-refractivity contribution in [2.24, 2.45) is 23.7 Å². The van der Waals surface area contributed by atoms with Gasteiger partial charge in [0.2, 0.25) is 0 Å². The smallest absolute Gasteiger partial charge is 0.310 e. The van der Waals surface area contributed by atoms with Crippen LogP contribution in [0, 0.1) is 46.3 Å². The molecule has 4 unspecified atom stereocenters. The lowest BCUT2D eigenvalue weighted by molar-refractivity contribution is -0.163. The second kappa shape index (κ2) is 19.5. The van der Waals surface area contributed by atoms with Crippen LogP contribution >= 0.6 is 0 Å². The van der Waals surface area contributed by atoms with Crippen molar-refractivity contribution < 1.29 is 57.3 Å². The van der Waals surface area contributed by atoms with Crippen molar-refractivity contribution in [2.75, 3.05) is 41.5 Å². The van der Waals surface area contributed by atoms with Gasteiger partial charge in [0.05, 0.1) is 86.5 Å². The Kier molecular flexibility index (Phi) is 12.0. The largest absolute Gasteiger partial charge is 0.469 e. The first kappa shape index (κ1) is 54.1. The molecule has 4 amide bonds. The van der Waals surface area contributed by atoms with Crippen molar-refractivity contribution in [1.29, 1.82) is 10.5 Å². The molecule has 9 aromatic rings. The van der Waals surface area contributed by atoms with Gasteiger partial charge in [0.1, 0.15) is 0 Å². The number of hydrogen-bond donors (Lipinski definition) is 0. The first-order valence-corrected chi connectivity index (χ1v) is 29.3. The standard InChI is InChI=1S/C72H52N4O12/c1-85-67(81)59-53-37-15-5-9-19-47(37)71(61(59)69(83)87-3,48-20-10-6-16-38(48)53)27-13-29-75-63(77)43-25-23-41-52-36(34-74)32-46-56-44(26-24-42(58(52)56)51-35(33-73)31-45(65(75)79)55(43)57(41)51)64(78)76(66(46)80)30-14-28-72-49-21-11-7-17-39(49)54(40-18-8-12-22-50(40)72)60(68(82)86-2)62(72)70(84)88-4/h5-12,15-26,31-32,53-54,59-62H,13-14,27-30H2,1-4H3. The van der Waals surface area contributed by atoms with Crippen molar-refractivity contribution in [1.82, 2.24) is 9.80 Å². The zero-order valence-corrected chi connectivity index (χ0v) is 48.1. The molecule has 16 nitrogen and oxygen atoms in total. The number of fused-ring (bicyclic) bond motifs is 4. The number of benzene rings is 9. The first-order chi connectivity index (χ1) is 42.8. The number of hydrogen-bond acceptors (Lipinski definition) is 14.